The zero-order valence-corrected chi connectivity index (χ0v) is 17.9. The highest BCUT2D eigenvalue weighted by molar-refractivity contribution is 7.24. The first kappa shape index (κ1) is 19.5. The van der Waals surface area contributed by atoms with Gasteiger partial charge < -0.3 is 9.88 Å². The van der Waals surface area contributed by atoms with Gasteiger partial charge in [0.1, 0.15) is 9.88 Å². The van der Waals surface area contributed by atoms with Crippen LogP contribution >= 0.6 is 34.3 Å². The number of ketones is 1. The van der Waals surface area contributed by atoms with E-state index in [2.05, 4.69) is 15.3 Å². The summed E-state index contributed by atoms with van der Waals surface area (Å²) in [5.41, 5.74) is 1.76. The standard InChI is InChI=1S/C20H15ClN4O2S2/c1-11-17(29-20(23-11)14-7-8-15(21)28-14)19(27)24-13-5-3-12(4-6-13)16(26)18-22-9-10-25(18)2/h3-10H,1-2H3,(H,24,27). The maximum Gasteiger partial charge on any atom is 0.267 e. The molecule has 0 saturated carbocycles. The predicted molar refractivity (Wildman–Crippen MR) is 116 cm³/mol. The number of halogens is 1. The van der Waals surface area contributed by atoms with Crippen LogP contribution in [0.1, 0.15) is 31.5 Å². The quantitative estimate of drug-likeness (QED) is 0.439. The molecule has 3 heterocycles. The lowest BCUT2D eigenvalue weighted by molar-refractivity contribution is 0.102. The van der Waals surface area contributed by atoms with Crippen LogP contribution < -0.4 is 5.32 Å². The van der Waals surface area contributed by atoms with Crippen molar-refractivity contribution in [2.45, 2.75) is 6.92 Å². The SMILES string of the molecule is Cc1nc(-c2ccc(Cl)s2)sc1C(=O)Nc1ccc(C(=O)c2nccn2C)cc1. The number of benzene rings is 1. The van der Waals surface area contributed by atoms with E-state index in [1.54, 1.807) is 55.2 Å². The van der Waals surface area contributed by atoms with Gasteiger partial charge >= 0.3 is 0 Å². The largest absolute Gasteiger partial charge is 0.331 e. The maximum atomic E-state index is 12.7. The second-order valence-electron chi connectivity index (χ2n) is 6.26. The summed E-state index contributed by atoms with van der Waals surface area (Å²) >= 11 is 8.74. The molecule has 1 aromatic carbocycles. The van der Waals surface area contributed by atoms with Gasteiger partial charge in [-0.05, 0) is 43.3 Å². The minimum Gasteiger partial charge on any atom is -0.331 e. The highest BCUT2D eigenvalue weighted by Crippen LogP contribution is 2.35. The summed E-state index contributed by atoms with van der Waals surface area (Å²) in [6.07, 6.45) is 3.30. The molecule has 0 saturated heterocycles. The summed E-state index contributed by atoms with van der Waals surface area (Å²) in [6, 6.07) is 10.4. The summed E-state index contributed by atoms with van der Waals surface area (Å²) in [6.45, 7) is 1.80. The van der Waals surface area contributed by atoms with Gasteiger partial charge in [0.2, 0.25) is 5.78 Å². The number of hydrogen-bond acceptors (Lipinski definition) is 6. The Morgan fingerprint density at radius 3 is 2.48 bits per heavy atom. The third-order valence-electron chi connectivity index (χ3n) is 4.22. The monoisotopic (exact) mass is 442 g/mol. The molecule has 9 heteroatoms. The number of carbonyl (C=O) groups is 2. The van der Waals surface area contributed by atoms with Crippen molar-refractivity contribution in [1.29, 1.82) is 0 Å². The van der Waals surface area contributed by atoms with Crippen LogP contribution in [0.3, 0.4) is 0 Å². The smallest absolute Gasteiger partial charge is 0.267 e. The minimum atomic E-state index is -0.239. The summed E-state index contributed by atoms with van der Waals surface area (Å²) in [5.74, 6) is -0.0479. The van der Waals surface area contributed by atoms with Crippen LogP contribution in [-0.2, 0) is 7.05 Å². The Bertz CT molecular complexity index is 1210. The molecule has 6 nitrogen and oxygen atoms in total. The fraction of sp³-hybridized carbons (Fsp3) is 0.100. The summed E-state index contributed by atoms with van der Waals surface area (Å²) < 4.78 is 2.35. The molecule has 0 bridgehead atoms. The van der Waals surface area contributed by atoms with Gasteiger partial charge in [0.15, 0.2) is 5.82 Å². The van der Waals surface area contributed by atoms with Gasteiger partial charge in [-0.3, -0.25) is 9.59 Å². The van der Waals surface area contributed by atoms with Crippen molar-refractivity contribution < 1.29 is 9.59 Å². The average Bonchev–Trinajstić information content (AvgIpc) is 3.41. The van der Waals surface area contributed by atoms with Gasteiger partial charge in [0.05, 0.1) is 14.9 Å². The van der Waals surface area contributed by atoms with Gasteiger partial charge in [-0.15, -0.1) is 22.7 Å². The van der Waals surface area contributed by atoms with Crippen LogP contribution in [0.2, 0.25) is 4.34 Å². The number of nitrogens with zero attached hydrogens (tertiary/aromatic N) is 3. The van der Waals surface area contributed by atoms with E-state index < -0.39 is 0 Å². The van der Waals surface area contributed by atoms with Crippen LogP contribution in [-0.4, -0.2) is 26.2 Å². The van der Waals surface area contributed by atoms with Gasteiger partial charge in [-0.25, -0.2) is 9.97 Å². The van der Waals surface area contributed by atoms with E-state index in [9.17, 15) is 9.59 Å². The lowest BCUT2D eigenvalue weighted by Crippen LogP contribution is -2.12. The van der Waals surface area contributed by atoms with Crippen molar-refractivity contribution in [3.63, 3.8) is 0 Å². The third kappa shape index (κ3) is 4.00. The van der Waals surface area contributed by atoms with Crippen LogP contribution in [0.4, 0.5) is 5.69 Å². The highest BCUT2D eigenvalue weighted by Gasteiger charge is 2.18. The fourth-order valence-electron chi connectivity index (χ4n) is 2.75. The first-order chi connectivity index (χ1) is 13.9. The number of nitrogens with one attached hydrogen (secondary N) is 1. The van der Waals surface area contributed by atoms with Crippen molar-refractivity contribution in [3.05, 3.63) is 75.1 Å². The highest BCUT2D eigenvalue weighted by atomic mass is 35.5. The lowest BCUT2D eigenvalue weighted by atomic mass is 10.1. The van der Waals surface area contributed by atoms with Crippen molar-refractivity contribution >= 4 is 51.7 Å². The molecule has 0 radical (unpaired) electrons. The van der Waals surface area contributed by atoms with E-state index in [0.29, 0.717) is 32.0 Å². The molecule has 1 N–H and O–H groups in total. The molecular weight excluding hydrogens is 428 g/mol. The molecule has 29 heavy (non-hydrogen) atoms. The van der Waals surface area contributed by atoms with Crippen LogP contribution in [0, 0.1) is 6.92 Å². The number of thiophene rings is 1. The molecule has 3 aromatic heterocycles. The van der Waals surface area contributed by atoms with E-state index in [4.69, 9.17) is 11.6 Å². The number of carbonyl (C=O) groups excluding carboxylic acids is 2. The minimum absolute atomic E-state index is 0.173. The number of aryl methyl sites for hydroxylation is 2. The number of anilines is 1. The third-order valence-corrected chi connectivity index (χ3v) is 6.77. The fourth-order valence-corrected chi connectivity index (χ4v) is 4.81. The van der Waals surface area contributed by atoms with Gasteiger partial charge in [0.25, 0.3) is 5.91 Å². The molecule has 0 atom stereocenters. The van der Waals surface area contributed by atoms with Crippen molar-refractivity contribution in [1.82, 2.24) is 14.5 Å². The average molecular weight is 443 g/mol. The summed E-state index contributed by atoms with van der Waals surface area (Å²) in [7, 11) is 1.77. The molecular formula is C20H15ClN4O2S2. The number of rotatable bonds is 5. The van der Waals surface area contributed by atoms with Gasteiger partial charge in [-0.2, -0.15) is 0 Å². The van der Waals surface area contributed by atoms with E-state index in [-0.39, 0.29) is 11.7 Å². The molecule has 0 aliphatic rings. The van der Waals surface area contributed by atoms with Crippen molar-refractivity contribution in [3.8, 4) is 9.88 Å². The van der Waals surface area contributed by atoms with E-state index in [1.165, 1.54) is 22.7 Å². The molecule has 0 fully saturated rings. The molecule has 0 aliphatic heterocycles. The normalized spacial score (nSPS) is 10.9. The Hall–Kier alpha value is -2.81. The number of imidazole rings is 1. The second-order valence-corrected chi connectivity index (χ2v) is 8.97. The Labute approximate surface area is 179 Å². The second kappa shape index (κ2) is 7.90. The number of hydrogen-bond donors (Lipinski definition) is 1. The van der Waals surface area contributed by atoms with Crippen LogP contribution in [0.5, 0.6) is 0 Å². The summed E-state index contributed by atoms with van der Waals surface area (Å²) in [4.78, 5) is 35.2. The van der Waals surface area contributed by atoms with Crippen molar-refractivity contribution in [2.75, 3.05) is 5.32 Å². The number of thiazole rings is 1. The Kier molecular flexibility index (Phi) is 5.31. The van der Waals surface area contributed by atoms with E-state index >= 15 is 0 Å². The van der Waals surface area contributed by atoms with Crippen LogP contribution in [0.25, 0.3) is 9.88 Å². The zero-order chi connectivity index (χ0) is 20.5. The Morgan fingerprint density at radius 1 is 1.10 bits per heavy atom. The molecule has 146 valence electrons. The molecule has 4 aromatic rings. The molecule has 4 rings (SSSR count). The molecule has 0 spiro atoms. The molecule has 1 amide bonds. The predicted octanol–water partition coefficient (Wildman–Crippen LogP) is 5.05. The summed E-state index contributed by atoms with van der Waals surface area (Å²) in [5, 5.41) is 3.62. The van der Waals surface area contributed by atoms with E-state index in [1.807, 2.05) is 12.1 Å². The van der Waals surface area contributed by atoms with Gasteiger partial charge in [0, 0.05) is 30.7 Å². The Morgan fingerprint density at radius 2 is 1.86 bits per heavy atom. The lowest BCUT2D eigenvalue weighted by Gasteiger charge is -2.06. The first-order valence-electron chi connectivity index (χ1n) is 8.59. The topological polar surface area (TPSA) is 76.9 Å². The van der Waals surface area contributed by atoms with Gasteiger partial charge in [-0.1, -0.05) is 11.6 Å². The first-order valence-corrected chi connectivity index (χ1v) is 10.6. The zero-order valence-electron chi connectivity index (χ0n) is 15.5. The number of amides is 1. The van der Waals surface area contributed by atoms with Crippen LogP contribution in [0.15, 0.2) is 48.8 Å². The number of aromatic nitrogens is 3. The molecule has 0 unspecified atom stereocenters. The maximum absolute atomic E-state index is 12.7. The van der Waals surface area contributed by atoms with E-state index in [0.717, 1.165) is 9.88 Å². The Balaban J connectivity index is 1.50. The van der Waals surface area contributed by atoms with Crippen molar-refractivity contribution in [2.24, 2.45) is 7.05 Å². The molecule has 0 aliphatic carbocycles.